The summed E-state index contributed by atoms with van der Waals surface area (Å²) in [7, 11) is 0. The minimum atomic E-state index is -4.74. The van der Waals surface area contributed by atoms with Crippen molar-refractivity contribution in [3.63, 3.8) is 0 Å². The van der Waals surface area contributed by atoms with Gasteiger partial charge in [-0.2, -0.15) is 0 Å². The monoisotopic (exact) mass is 344 g/mol. The van der Waals surface area contributed by atoms with E-state index in [0.29, 0.717) is 16.9 Å². The molecule has 0 atom stereocenters. The Balaban J connectivity index is 1.99. The molecule has 0 aromatic heterocycles. The van der Waals surface area contributed by atoms with Gasteiger partial charge in [0.15, 0.2) is 5.11 Å². The second-order valence-corrected chi connectivity index (χ2v) is 4.97. The van der Waals surface area contributed by atoms with Crippen molar-refractivity contribution in [2.75, 3.05) is 10.6 Å². The van der Waals surface area contributed by atoms with Crippen LogP contribution in [0.1, 0.15) is 5.56 Å². The molecule has 23 heavy (non-hydrogen) atoms. The highest BCUT2D eigenvalue weighted by Gasteiger charge is 2.30. The summed E-state index contributed by atoms with van der Waals surface area (Å²) in [6, 6.07) is 9.61. The lowest BCUT2D eigenvalue weighted by atomic mass is 10.2. The molecule has 0 bridgehead atoms. The van der Waals surface area contributed by atoms with Gasteiger partial charge in [0.1, 0.15) is 11.6 Å². The molecule has 0 amide bonds. The van der Waals surface area contributed by atoms with E-state index >= 15 is 0 Å². The van der Waals surface area contributed by atoms with Crippen LogP contribution in [0.4, 0.5) is 28.9 Å². The van der Waals surface area contributed by atoms with Crippen molar-refractivity contribution in [1.82, 2.24) is 0 Å². The van der Waals surface area contributed by atoms with Crippen LogP contribution in [0, 0.1) is 12.7 Å². The summed E-state index contributed by atoms with van der Waals surface area (Å²) in [6.07, 6.45) is -4.74. The molecule has 2 aromatic rings. The van der Waals surface area contributed by atoms with Crippen molar-refractivity contribution in [1.29, 1.82) is 0 Å². The predicted octanol–water partition coefficient (Wildman–Crippen LogP) is 4.84. The van der Waals surface area contributed by atoms with Gasteiger partial charge in [0, 0.05) is 16.9 Å². The summed E-state index contributed by atoms with van der Waals surface area (Å²) in [4.78, 5) is 0. The zero-order valence-corrected chi connectivity index (χ0v) is 12.7. The van der Waals surface area contributed by atoms with Gasteiger partial charge in [-0.25, -0.2) is 4.39 Å². The molecule has 122 valence electrons. The van der Waals surface area contributed by atoms with E-state index in [4.69, 9.17) is 12.2 Å². The molecular formula is C15H12F4N2OS. The van der Waals surface area contributed by atoms with Crippen molar-refractivity contribution in [3.8, 4) is 5.75 Å². The maximum absolute atomic E-state index is 13.4. The molecule has 0 saturated heterocycles. The number of halogens is 4. The van der Waals surface area contributed by atoms with Gasteiger partial charge in [-0.15, -0.1) is 13.2 Å². The first-order valence-corrected chi connectivity index (χ1v) is 6.84. The van der Waals surface area contributed by atoms with Gasteiger partial charge in [0.25, 0.3) is 0 Å². The van der Waals surface area contributed by atoms with Gasteiger partial charge in [-0.05, 0) is 55.5 Å². The zero-order chi connectivity index (χ0) is 17.0. The largest absolute Gasteiger partial charge is 0.573 e. The van der Waals surface area contributed by atoms with Crippen molar-refractivity contribution >= 4 is 28.7 Å². The normalized spacial score (nSPS) is 11.0. The minimum absolute atomic E-state index is 0.184. The molecular weight excluding hydrogens is 332 g/mol. The highest BCUT2D eigenvalue weighted by atomic mass is 32.1. The Morgan fingerprint density at radius 2 is 1.70 bits per heavy atom. The fraction of sp³-hybridized carbons (Fsp3) is 0.133. The van der Waals surface area contributed by atoms with E-state index in [-0.39, 0.29) is 16.7 Å². The molecule has 0 fully saturated rings. The van der Waals surface area contributed by atoms with Crippen LogP contribution in [-0.4, -0.2) is 11.5 Å². The molecule has 0 aliphatic rings. The topological polar surface area (TPSA) is 33.3 Å². The average Bonchev–Trinajstić information content (AvgIpc) is 2.44. The van der Waals surface area contributed by atoms with Crippen LogP contribution in [0.25, 0.3) is 0 Å². The van der Waals surface area contributed by atoms with Crippen molar-refractivity contribution in [3.05, 3.63) is 53.8 Å². The first-order chi connectivity index (χ1) is 10.7. The third-order valence-electron chi connectivity index (χ3n) is 2.86. The fourth-order valence-electron chi connectivity index (χ4n) is 1.77. The highest BCUT2D eigenvalue weighted by Crippen LogP contribution is 2.24. The number of hydrogen-bond donors (Lipinski definition) is 2. The van der Waals surface area contributed by atoms with Gasteiger partial charge in [0.05, 0.1) is 0 Å². The van der Waals surface area contributed by atoms with E-state index in [9.17, 15) is 17.6 Å². The van der Waals surface area contributed by atoms with Crippen molar-refractivity contribution in [2.24, 2.45) is 0 Å². The second-order valence-electron chi connectivity index (χ2n) is 4.56. The number of nitrogens with one attached hydrogen (secondary N) is 2. The lowest BCUT2D eigenvalue weighted by molar-refractivity contribution is -0.274. The number of hydrogen-bond acceptors (Lipinski definition) is 2. The van der Waals surface area contributed by atoms with Crippen molar-refractivity contribution < 1.29 is 22.3 Å². The molecule has 0 heterocycles. The first kappa shape index (κ1) is 17.0. The van der Waals surface area contributed by atoms with Crippen LogP contribution in [0.3, 0.4) is 0 Å². The van der Waals surface area contributed by atoms with Gasteiger partial charge in [-0.1, -0.05) is 6.07 Å². The number of ether oxygens (including phenoxy) is 1. The Hall–Kier alpha value is -2.35. The average molecular weight is 344 g/mol. The minimum Gasteiger partial charge on any atom is -0.406 e. The second kappa shape index (κ2) is 6.82. The molecule has 3 nitrogen and oxygen atoms in total. The molecule has 8 heteroatoms. The van der Waals surface area contributed by atoms with Crippen LogP contribution in [0.15, 0.2) is 42.5 Å². The maximum atomic E-state index is 13.4. The van der Waals surface area contributed by atoms with Gasteiger partial charge >= 0.3 is 6.36 Å². The summed E-state index contributed by atoms with van der Waals surface area (Å²) in [6.45, 7) is 1.60. The Bertz CT molecular complexity index is 702. The predicted molar refractivity (Wildman–Crippen MR) is 84.1 cm³/mol. The van der Waals surface area contributed by atoms with Crippen LogP contribution in [-0.2, 0) is 0 Å². The fourth-order valence-corrected chi connectivity index (χ4v) is 2.00. The van der Waals surface area contributed by atoms with Gasteiger partial charge in [0.2, 0.25) is 0 Å². The van der Waals surface area contributed by atoms with Crippen LogP contribution < -0.4 is 15.4 Å². The summed E-state index contributed by atoms with van der Waals surface area (Å²) in [5.74, 6) is -0.700. The Labute approximate surface area is 135 Å². The van der Waals surface area contributed by atoms with E-state index in [2.05, 4.69) is 15.4 Å². The standard InChI is InChI=1S/C15H12F4N2OS/c1-9-12(16)3-2-4-13(9)21-14(23)20-10-5-7-11(8-6-10)22-15(17,18)19/h2-8H,1H3,(H2,20,21,23). The van der Waals surface area contributed by atoms with Crippen molar-refractivity contribution in [2.45, 2.75) is 13.3 Å². The summed E-state index contributed by atoms with van der Waals surface area (Å²) < 4.78 is 53.4. The van der Waals surface area contributed by atoms with E-state index in [1.165, 1.54) is 24.3 Å². The summed E-state index contributed by atoms with van der Waals surface area (Å²) in [5, 5.41) is 5.79. The molecule has 0 radical (unpaired) electrons. The number of thiocarbonyl (C=S) groups is 1. The molecule has 0 spiro atoms. The van der Waals surface area contributed by atoms with E-state index in [1.807, 2.05) is 0 Å². The van der Waals surface area contributed by atoms with Crippen LogP contribution >= 0.6 is 12.2 Å². The molecule has 0 aliphatic carbocycles. The van der Waals surface area contributed by atoms with E-state index < -0.39 is 6.36 Å². The van der Waals surface area contributed by atoms with Crippen LogP contribution in [0.5, 0.6) is 5.75 Å². The molecule has 0 saturated carbocycles. The lowest BCUT2D eigenvalue weighted by Crippen LogP contribution is -2.20. The lowest BCUT2D eigenvalue weighted by Gasteiger charge is -2.13. The number of alkyl halides is 3. The van der Waals surface area contributed by atoms with E-state index in [1.54, 1.807) is 13.0 Å². The smallest absolute Gasteiger partial charge is 0.406 e. The number of rotatable bonds is 3. The maximum Gasteiger partial charge on any atom is 0.573 e. The third-order valence-corrected chi connectivity index (χ3v) is 3.07. The summed E-state index contributed by atoms with van der Waals surface area (Å²) in [5.41, 5.74) is 1.37. The number of anilines is 2. The Morgan fingerprint density at radius 1 is 1.04 bits per heavy atom. The molecule has 2 aromatic carbocycles. The van der Waals surface area contributed by atoms with Gasteiger partial charge < -0.3 is 15.4 Å². The molecule has 0 unspecified atom stereocenters. The first-order valence-electron chi connectivity index (χ1n) is 6.43. The van der Waals surface area contributed by atoms with Gasteiger partial charge in [-0.3, -0.25) is 0 Å². The molecule has 2 N–H and O–H groups in total. The molecule has 0 aliphatic heterocycles. The Morgan fingerprint density at radius 3 is 2.30 bits per heavy atom. The Kier molecular flexibility index (Phi) is 5.05. The highest BCUT2D eigenvalue weighted by molar-refractivity contribution is 7.80. The van der Waals surface area contributed by atoms with E-state index in [0.717, 1.165) is 12.1 Å². The zero-order valence-electron chi connectivity index (χ0n) is 11.9. The van der Waals surface area contributed by atoms with Crippen LogP contribution in [0.2, 0.25) is 0 Å². The number of benzene rings is 2. The SMILES string of the molecule is Cc1c(F)cccc1NC(=S)Nc1ccc(OC(F)(F)F)cc1. The molecule has 2 rings (SSSR count). The third kappa shape index (κ3) is 5.10. The summed E-state index contributed by atoms with van der Waals surface area (Å²) >= 11 is 5.09. The quantitative estimate of drug-likeness (QED) is 0.616.